The van der Waals surface area contributed by atoms with Gasteiger partial charge in [-0.3, -0.25) is 0 Å². The largest absolute Gasteiger partial charge is 0.507 e. The molecule has 2 N–H and O–H groups in total. The number of hydrogen-bond acceptors (Lipinski definition) is 6. The van der Waals surface area contributed by atoms with Crippen LogP contribution in [-0.4, -0.2) is 33.9 Å². The summed E-state index contributed by atoms with van der Waals surface area (Å²) in [6.45, 7) is -0.415. The molecular formula is C19H15N3O3S. The molecule has 2 aromatic carbocycles. The van der Waals surface area contributed by atoms with Crippen LogP contribution in [0.1, 0.15) is 16.2 Å². The lowest BCUT2D eigenvalue weighted by molar-refractivity contribution is 0.0499. The number of carbonyl (C=O) groups is 1. The van der Waals surface area contributed by atoms with Gasteiger partial charge in [0.2, 0.25) is 0 Å². The molecule has 3 aromatic rings. The zero-order chi connectivity index (χ0) is 18.5. The van der Waals surface area contributed by atoms with Gasteiger partial charge in [0.15, 0.2) is 11.6 Å². The van der Waals surface area contributed by atoms with Crippen LogP contribution in [0, 0.1) is 11.3 Å². The molecule has 1 heterocycles. The number of aromatic amines is 1. The molecule has 26 heavy (non-hydrogen) atoms. The van der Waals surface area contributed by atoms with Crippen molar-refractivity contribution < 1.29 is 14.6 Å². The van der Waals surface area contributed by atoms with Crippen molar-refractivity contribution in [2.75, 3.05) is 12.9 Å². The lowest BCUT2D eigenvalue weighted by atomic mass is 10.2. The van der Waals surface area contributed by atoms with Crippen molar-refractivity contribution in [3.63, 3.8) is 0 Å². The molecule has 0 radical (unpaired) electrons. The van der Waals surface area contributed by atoms with Gasteiger partial charge in [0.1, 0.15) is 18.2 Å². The first-order valence-electron chi connectivity index (χ1n) is 7.71. The first-order chi connectivity index (χ1) is 12.6. The number of aliphatic hydroxyl groups is 1. The predicted octanol–water partition coefficient (Wildman–Crippen LogP) is 3.93. The molecule has 0 unspecified atom stereocenters. The quantitative estimate of drug-likeness (QED) is 0.308. The Bertz CT molecular complexity index is 1000. The maximum atomic E-state index is 12.2. The number of aliphatic hydroxyl groups excluding tert-OH is 1. The number of H-pyrrole nitrogens is 1. The van der Waals surface area contributed by atoms with Crippen LogP contribution in [0.25, 0.3) is 16.6 Å². The summed E-state index contributed by atoms with van der Waals surface area (Å²) < 4.78 is 5.16. The minimum atomic E-state index is -0.566. The fourth-order valence-corrected chi connectivity index (χ4v) is 3.01. The van der Waals surface area contributed by atoms with Crippen LogP contribution in [0.2, 0.25) is 0 Å². The Morgan fingerprint density at radius 1 is 1.27 bits per heavy atom. The van der Waals surface area contributed by atoms with E-state index in [1.807, 2.05) is 42.7 Å². The van der Waals surface area contributed by atoms with Crippen molar-refractivity contribution in [1.82, 2.24) is 9.97 Å². The number of imidazole rings is 1. The number of aromatic nitrogens is 2. The van der Waals surface area contributed by atoms with Crippen molar-refractivity contribution in [3.05, 3.63) is 65.7 Å². The van der Waals surface area contributed by atoms with Crippen LogP contribution in [0.4, 0.5) is 0 Å². The fraction of sp³-hybridized carbons (Fsp3) is 0.105. The van der Waals surface area contributed by atoms with Crippen LogP contribution in [0.15, 0.2) is 59.2 Å². The molecular weight excluding hydrogens is 350 g/mol. The van der Waals surface area contributed by atoms with Crippen molar-refractivity contribution in [3.8, 4) is 6.07 Å². The third-order valence-electron chi connectivity index (χ3n) is 3.69. The number of nitriles is 1. The van der Waals surface area contributed by atoms with E-state index in [1.165, 1.54) is 11.8 Å². The predicted molar refractivity (Wildman–Crippen MR) is 99.8 cm³/mol. The number of ether oxygens (including phenoxy) is 1. The minimum absolute atomic E-state index is 0.0628. The molecule has 0 aliphatic rings. The smallest absolute Gasteiger partial charge is 0.339 e. The Kier molecular flexibility index (Phi) is 5.25. The van der Waals surface area contributed by atoms with Gasteiger partial charge in [-0.2, -0.15) is 5.26 Å². The van der Waals surface area contributed by atoms with E-state index in [9.17, 15) is 15.2 Å². The average Bonchev–Trinajstić information content (AvgIpc) is 3.10. The highest BCUT2D eigenvalue weighted by Gasteiger charge is 2.17. The van der Waals surface area contributed by atoms with Crippen molar-refractivity contribution in [1.29, 1.82) is 5.26 Å². The molecule has 6 nitrogen and oxygen atoms in total. The zero-order valence-corrected chi connectivity index (χ0v) is 14.7. The highest BCUT2D eigenvalue weighted by molar-refractivity contribution is 7.98. The third kappa shape index (κ3) is 3.55. The summed E-state index contributed by atoms with van der Waals surface area (Å²) in [5, 5.41) is 19.6. The maximum Gasteiger partial charge on any atom is 0.339 e. The molecule has 0 saturated heterocycles. The zero-order valence-electron chi connectivity index (χ0n) is 13.9. The second-order valence-electron chi connectivity index (χ2n) is 5.31. The number of nitrogens with zero attached hydrogens (tertiary/aromatic N) is 2. The van der Waals surface area contributed by atoms with E-state index in [1.54, 1.807) is 18.2 Å². The number of esters is 1. The number of allylic oxidation sites excluding steroid dienone is 1. The van der Waals surface area contributed by atoms with E-state index in [4.69, 9.17) is 4.74 Å². The molecule has 7 heteroatoms. The van der Waals surface area contributed by atoms with E-state index in [0.29, 0.717) is 11.1 Å². The summed E-state index contributed by atoms with van der Waals surface area (Å²) in [6, 6.07) is 16.2. The first kappa shape index (κ1) is 17.6. The summed E-state index contributed by atoms with van der Waals surface area (Å²) in [6.07, 6.45) is 1.86. The average molecular weight is 365 g/mol. The molecule has 0 aliphatic heterocycles. The fourth-order valence-electron chi connectivity index (χ4n) is 2.42. The molecule has 0 amide bonds. The molecule has 130 valence electrons. The molecule has 0 bridgehead atoms. The van der Waals surface area contributed by atoms with Gasteiger partial charge < -0.3 is 14.8 Å². The summed E-state index contributed by atoms with van der Waals surface area (Å²) in [5.41, 5.74) is 1.77. The van der Waals surface area contributed by atoms with Gasteiger partial charge in [0.05, 0.1) is 16.6 Å². The monoisotopic (exact) mass is 365 g/mol. The van der Waals surface area contributed by atoms with E-state index in [0.717, 1.165) is 10.4 Å². The van der Waals surface area contributed by atoms with Gasteiger partial charge in [-0.15, -0.1) is 11.8 Å². The number of rotatable bonds is 5. The first-order valence-corrected chi connectivity index (χ1v) is 8.94. The van der Waals surface area contributed by atoms with Gasteiger partial charge >= 0.3 is 5.97 Å². The number of hydrogen-bond donors (Lipinski definition) is 2. The summed E-state index contributed by atoms with van der Waals surface area (Å²) in [5.74, 6) is -0.698. The molecule has 0 fully saturated rings. The normalized spacial score (nSPS) is 11.7. The molecule has 0 saturated carbocycles. The Morgan fingerprint density at radius 3 is 2.73 bits per heavy atom. The maximum absolute atomic E-state index is 12.2. The van der Waals surface area contributed by atoms with Crippen molar-refractivity contribution in [2.45, 2.75) is 4.90 Å². The standard InChI is InChI=1S/C19H15N3O3S/c1-26-17-9-5-2-6-12(17)19(24)25-11-16(23)13(10-20)18-21-14-7-3-4-8-15(14)22-18/h2-9,23H,11H2,1H3,(H,21,22). The molecule has 0 aliphatic carbocycles. The van der Waals surface area contributed by atoms with Crippen LogP contribution in [0.3, 0.4) is 0 Å². The number of fused-ring (bicyclic) bond motifs is 1. The lowest BCUT2D eigenvalue weighted by Crippen LogP contribution is -2.10. The Balaban J connectivity index is 1.81. The van der Waals surface area contributed by atoms with Crippen LogP contribution >= 0.6 is 11.8 Å². The van der Waals surface area contributed by atoms with Crippen LogP contribution < -0.4 is 0 Å². The molecule has 0 atom stereocenters. The van der Waals surface area contributed by atoms with Crippen molar-refractivity contribution in [2.24, 2.45) is 0 Å². The summed E-state index contributed by atoms with van der Waals surface area (Å²) in [4.78, 5) is 20.3. The SMILES string of the molecule is CSc1ccccc1C(=O)OCC(O)=C(C#N)c1nc2ccccc2[nH]1. The van der Waals surface area contributed by atoms with Crippen molar-refractivity contribution >= 4 is 34.3 Å². The van der Waals surface area contributed by atoms with E-state index in [-0.39, 0.29) is 17.2 Å². The Morgan fingerprint density at radius 2 is 2.00 bits per heavy atom. The second kappa shape index (κ2) is 7.76. The third-order valence-corrected chi connectivity index (χ3v) is 4.49. The van der Waals surface area contributed by atoms with E-state index in [2.05, 4.69) is 9.97 Å². The van der Waals surface area contributed by atoms with Gasteiger partial charge in [-0.25, -0.2) is 9.78 Å². The highest BCUT2D eigenvalue weighted by atomic mass is 32.2. The topological polar surface area (TPSA) is 99.0 Å². The number of benzene rings is 2. The summed E-state index contributed by atoms with van der Waals surface area (Å²) >= 11 is 1.43. The minimum Gasteiger partial charge on any atom is -0.507 e. The van der Waals surface area contributed by atoms with Crippen LogP contribution in [0.5, 0.6) is 0 Å². The second-order valence-corrected chi connectivity index (χ2v) is 6.16. The highest BCUT2D eigenvalue weighted by Crippen LogP contribution is 2.22. The number of thioether (sulfide) groups is 1. The number of para-hydroxylation sites is 2. The van der Waals surface area contributed by atoms with Gasteiger partial charge in [0, 0.05) is 4.90 Å². The Hall–Kier alpha value is -3.24. The van der Waals surface area contributed by atoms with Gasteiger partial charge in [0.25, 0.3) is 0 Å². The molecule has 0 spiro atoms. The Labute approximate surface area is 154 Å². The lowest BCUT2D eigenvalue weighted by Gasteiger charge is -2.08. The van der Waals surface area contributed by atoms with E-state index >= 15 is 0 Å². The number of carbonyl (C=O) groups excluding carboxylic acids is 1. The molecule has 1 aromatic heterocycles. The van der Waals surface area contributed by atoms with Crippen LogP contribution in [-0.2, 0) is 4.74 Å². The van der Waals surface area contributed by atoms with E-state index < -0.39 is 12.6 Å². The summed E-state index contributed by atoms with van der Waals surface area (Å²) in [7, 11) is 0. The van der Waals surface area contributed by atoms with Gasteiger partial charge in [-0.1, -0.05) is 24.3 Å². The van der Waals surface area contributed by atoms with Gasteiger partial charge in [-0.05, 0) is 30.5 Å². The number of nitrogens with one attached hydrogen (secondary N) is 1. The molecule has 3 rings (SSSR count).